The minimum atomic E-state index is -3.52. The number of carbonyl (C=O) groups is 2. The molecule has 0 spiro atoms. The number of rotatable bonds is 8. The monoisotopic (exact) mass is 466 g/mol. The molecular weight excluding hydrogens is 444 g/mol. The van der Waals surface area contributed by atoms with E-state index in [-0.39, 0.29) is 35.1 Å². The van der Waals surface area contributed by atoms with Crippen LogP contribution in [0.4, 0.5) is 5.69 Å². The average Bonchev–Trinajstić information content (AvgIpc) is 2.64. The van der Waals surface area contributed by atoms with E-state index in [9.17, 15) is 18.0 Å². The van der Waals surface area contributed by atoms with Crippen LogP contribution in [0.5, 0.6) is 0 Å². The number of benzene rings is 2. The summed E-state index contributed by atoms with van der Waals surface area (Å²) < 4.78 is 25.6. The van der Waals surface area contributed by atoms with Crippen LogP contribution in [-0.4, -0.2) is 32.5 Å². The molecule has 0 aliphatic heterocycles. The fourth-order valence-corrected chi connectivity index (χ4v) is 4.53. The number of nitrogens with one attached hydrogen (secondary N) is 2. The number of aryl methyl sites for hydroxylation is 1. The Bertz CT molecular complexity index is 974. The van der Waals surface area contributed by atoms with E-state index in [1.807, 2.05) is 19.1 Å². The van der Waals surface area contributed by atoms with Crippen LogP contribution in [0.3, 0.4) is 0 Å². The van der Waals surface area contributed by atoms with Crippen molar-refractivity contribution in [2.75, 3.05) is 17.6 Å². The minimum Gasteiger partial charge on any atom is -0.351 e. The fraction of sp³-hybridized carbons (Fsp3) is 0.300. The van der Waals surface area contributed by atoms with Crippen molar-refractivity contribution in [2.45, 2.75) is 31.6 Å². The summed E-state index contributed by atoms with van der Waals surface area (Å²) in [6.07, 6.45) is 0.537. The number of carbonyl (C=O) groups excluding carboxylic acids is 2. The highest BCUT2D eigenvalue weighted by Gasteiger charge is 2.21. The maximum Gasteiger partial charge on any atom is 0.252 e. The van der Waals surface area contributed by atoms with Gasteiger partial charge in [-0.05, 0) is 43.2 Å². The summed E-state index contributed by atoms with van der Waals surface area (Å²) >= 11 is 3.36. The SMILES string of the molecule is CCCS(=O)(=O)c1ccccc1C(=O)NCCC(=O)Nc1cc(Br)ccc1C. The molecule has 28 heavy (non-hydrogen) atoms. The molecule has 2 rings (SSSR count). The lowest BCUT2D eigenvalue weighted by molar-refractivity contribution is -0.116. The standard InChI is InChI=1S/C20H23BrN2O4S/c1-3-12-28(26,27)18-7-5-4-6-16(18)20(25)22-11-10-19(24)23-17-13-15(21)9-8-14(17)2/h4-9,13H,3,10-12H2,1-2H3,(H,22,25)(H,23,24). The summed E-state index contributed by atoms with van der Waals surface area (Å²) in [5.74, 6) is -0.777. The topological polar surface area (TPSA) is 92.3 Å². The highest BCUT2D eigenvalue weighted by atomic mass is 79.9. The summed E-state index contributed by atoms with van der Waals surface area (Å²) in [4.78, 5) is 24.6. The Labute approximate surface area is 173 Å². The van der Waals surface area contributed by atoms with E-state index in [1.165, 1.54) is 12.1 Å². The quantitative estimate of drug-likeness (QED) is 0.620. The molecule has 2 aromatic carbocycles. The van der Waals surface area contributed by atoms with Crippen LogP contribution in [0.1, 0.15) is 35.7 Å². The van der Waals surface area contributed by atoms with Gasteiger partial charge in [-0.3, -0.25) is 9.59 Å². The van der Waals surface area contributed by atoms with Crippen molar-refractivity contribution in [3.8, 4) is 0 Å². The number of hydrogen-bond donors (Lipinski definition) is 2. The van der Waals surface area contributed by atoms with Crippen molar-refractivity contribution in [2.24, 2.45) is 0 Å². The van der Waals surface area contributed by atoms with Gasteiger partial charge in [-0.1, -0.05) is 41.1 Å². The normalized spacial score (nSPS) is 11.1. The average molecular weight is 467 g/mol. The zero-order chi connectivity index (χ0) is 20.7. The third-order valence-electron chi connectivity index (χ3n) is 4.05. The van der Waals surface area contributed by atoms with Crippen molar-refractivity contribution in [3.63, 3.8) is 0 Å². The second-order valence-corrected chi connectivity index (χ2v) is 9.32. The Kier molecular flexibility index (Phi) is 7.77. The van der Waals surface area contributed by atoms with Gasteiger partial charge in [0.1, 0.15) is 0 Å². The summed E-state index contributed by atoms with van der Waals surface area (Å²) in [6.45, 7) is 3.75. The van der Waals surface area contributed by atoms with Gasteiger partial charge in [0.25, 0.3) is 5.91 Å². The van der Waals surface area contributed by atoms with E-state index in [0.29, 0.717) is 12.1 Å². The molecule has 0 heterocycles. The summed E-state index contributed by atoms with van der Waals surface area (Å²) in [7, 11) is -3.52. The number of anilines is 1. The van der Waals surface area contributed by atoms with Gasteiger partial charge in [-0.25, -0.2) is 8.42 Å². The van der Waals surface area contributed by atoms with Gasteiger partial charge in [0, 0.05) is 23.1 Å². The Balaban J connectivity index is 1.98. The smallest absolute Gasteiger partial charge is 0.252 e. The van der Waals surface area contributed by atoms with Crippen molar-refractivity contribution < 1.29 is 18.0 Å². The first kappa shape index (κ1) is 22.1. The fourth-order valence-electron chi connectivity index (χ4n) is 2.63. The van der Waals surface area contributed by atoms with E-state index in [4.69, 9.17) is 0 Å². The van der Waals surface area contributed by atoms with Crippen LogP contribution >= 0.6 is 15.9 Å². The van der Waals surface area contributed by atoms with Gasteiger partial charge in [-0.15, -0.1) is 0 Å². The molecule has 0 aliphatic carbocycles. The zero-order valence-corrected chi connectivity index (χ0v) is 18.2. The summed E-state index contributed by atoms with van der Waals surface area (Å²) in [6, 6.07) is 11.7. The number of amides is 2. The molecule has 0 bridgehead atoms. The van der Waals surface area contributed by atoms with E-state index < -0.39 is 15.7 Å². The predicted octanol–water partition coefficient (Wildman–Crippen LogP) is 3.70. The van der Waals surface area contributed by atoms with E-state index >= 15 is 0 Å². The van der Waals surface area contributed by atoms with Gasteiger partial charge in [-0.2, -0.15) is 0 Å². The molecule has 2 amide bonds. The highest BCUT2D eigenvalue weighted by molar-refractivity contribution is 9.10. The Morgan fingerprint density at radius 3 is 2.54 bits per heavy atom. The summed E-state index contributed by atoms with van der Waals surface area (Å²) in [5, 5.41) is 5.42. The van der Waals surface area contributed by atoms with E-state index in [2.05, 4.69) is 26.6 Å². The first-order chi connectivity index (χ1) is 13.2. The maximum absolute atomic E-state index is 12.4. The molecule has 0 aliphatic rings. The molecule has 8 heteroatoms. The van der Waals surface area contributed by atoms with Gasteiger partial charge in [0.05, 0.1) is 16.2 Å². The second kappa shape index (κ2) is 9.84. The molecule has 150 valence electrons. The Hall–Kier alpha value is -2.19. The lowest BCUT2D eigenvalue weighted by Gasteiger charge is -2.11. The Morgan fingerprint density at radius 2 is 1.82 bits per heavy atom. The lowest BCUT2D eigenvalue weighted by Crippen LogP contribution is -2.29. The zero-order valence-electron chi connectivity index (χ0n) is 15.8. The number of halogens is 1. The van der Waals surface area contributed by atoms with Crippen LogP contribution < -0.4 is 10.6 Å². The van der Waals surface area contributed by atoms with Crippen LogP contribution in [0.15, 0.2) is 51.8 Å². The molecule has 0 radical (unpaired) electrons. The second-order valence-electron chi connectivity index (χ2n) is 6.33. The van der Waals surface area contributed by atoms with Crippen LogP contribution in [0.2, 0.25) is 0 Å². The number of sulfone groups is 1. The largest absolute Gasteiger partial charge is 0.351 e. The van der Waals surface area contributed by atoms with E-state index in [1.54, 1.807) is 25.1 Å². The third-order valence-corrected chi connectivity index (χ3v) is 6.52. The predicted molar refractivity (Wildman–Crippen MR) is 113 cm³/mol. The van der Waals surface area contributed by atoms with Gasteiger partial charge in [0.15, 0.2) is 9.84 Å². The van der Waals surface area contributed by atoms with Crippen LogP contribution in [0.25, 0.3) is 0 Å². The molecule has 0 saturated carbocycles. The molecular formula is C20H23BrN2O4S. The van der Waals surface area contributed by atoms with Gasteiger partial charge < -0.3 is 10.6 Å². The minimum absolute atomic E-state index is 0.0172. The van der Waals surface area contributed by atoms with Crippen molar-refractivity contribution in [1.29, 1.82) is 0 Å². The molecule has 0 fully saturated rings. The van der Waals surface area contributed by atoms with Crippen LogP contribution in [-0.2, 0) is 14.6 Å². The number of hydrogen-bond acceptors (Lipinski definition) is 4. The summed E-state index contributed by atoms with van der Waals surface area (Å²) in [5.41, 5.74) is 1.72. The first-order valence-electron chi connectivity index (χ1n) is 8.90. The Morgan fingerprint density at radius 1 is 1.11 bits per heavy atom. The van der Waals surface area contributed by atoms with E-state index in [0.717, 1.165) is 10.0 Å². The highest BCUT2D eigenvalue weighted by Crippen LogP contribution is 2.21. The molecule has 2 aromatic rings. The first-order valence-corrected chi connectivity index (χ1v) is 11.3. The molecule has 6 nitrogen and oxygen atoms in total. The molecule has 0 aromatic heterocycles. The molecule has 0 atom stereocenters. The van der Waals surface area contributed by atoms with Gasteiger partial charge in [0.2, 0.25) is 5.91 Å². The molecule has 0 unspecified atom stereocenters. The van der Waals surface area contributed by atoms with Crippen LogP contribution in [0, 0.1) is 6.92 Å². The van der Waals surface area contributed by atoms with Crippen molar-refractivity contribution in [1.82, 2.24) is 5.32 Å². The van der Waals surface area contributed by atoms with Crippen molar-refractivity contribution in [3.05, 3.63) is 58.1 Å². The third kappa shape index (κ3) is 5.90. The van der Waals surface area contributed by atoms with Gasteiger partial charge >= 0.3 is 0 Å². The molecule has 0 saturated heterocycles. The molecule has 2 N–H and O–H groups in total. The maximum atomic E-state index is 12.4. The van der Waals surface area contributed by atoms with Crippen molar-refractivity contribution >= 4 is 43.3 Å². The lowest BCUT2D eigenvalue weighted by atomic mass is 10.2.